The summed E-state index contributed by atoms with van der Waals surface area (Å²) in [6, 6.07) is 2.06. The molecule has 0 radical (unpaired) electrons. The summed E-state index contributed by atoms with van der Waals surface area (Å²) >= 11 is 0. The second kappa shape index (κ2) is 4.22. The summed E-state index contributed by atoms with van der Waals surface area (Å²) in [6.07, 6.45) is 7.46. The van der Waals surface area contributed by atoms with Crippen LogP contribution in [0.25, 0.3) is 0 Å². The van der Waals surface area contributed by atoms with E-state index in [1.807, 2.05) is 6.26 Å². The van der Waals surface area contributed by atoms with Gasteiger partial charge < -0.3 is 4.42 Å². The minimum absolute atomic E-state index is 0.661. The van der Waals surface area contributed by atoms with Crippen molar-refractivity contribution in [2.75, 3.05) is 0 Å². The Bertz CT molecular complexity index is 177. The van der Waals surface area contributed by atoms with Crippen LogP contribution in [-0.4, -0.2) is 0 Å². The highest BCUT2D eigenvalue weighted by molar-refractivity contribution is 5.10. The molecule has 0 saturated heterocycles. The van der Waals surface area contributed by atoms with Gasteiger partial charge in [0.1, 0.15) is 0 Å². The van der Waals surface area contributed by atoms with Gasteiger partial charge in [0, 0.05) is 0 Å². The van der Waals surface area contributed by atoms with Gasteiger partial charge in [-0.3, -0.25) is 0 Å². The lowest BCUT2D eigenvalue weighted by atomic mass is 9.98. The number of rotatable bonds is 4. The van der Waals surface area contributed by atoms with E-state index in [9.17, 15) is 0 Å². The summed E-state index contributed by atoms with van der Waals surface area (Å²) in [4.78, 5) is 0. The second-order valence-electron chi connectivity index (χ2n) is 3.10. The number of unbranched alkanes of at least 4 members (excludes halogenated alkanes) is 1. The molecule has 0 aliphatic rings. The molecule has 0 saturated carbocycles. The molecule has 0 N–H and O–H groups in total. The molecule has 1 rings (SSSR count). The molecule has 1 aromatic rings. The van der Waals surface area contributed by atoms with Crippen molar-refractivity contribution in [1.29, 1.82) is 0 Å². The van der Waals surface area contributed by atoms with Crippen molar-refractivity contribution in [2.45, 2.75) is 39.0 Å². The van der Waals surface area contributed by atoms with Crippen molar-refractivity contribution in [1.82, 2.24) is 0 Å². The molecule has 62 valence electrons. The van der Waals surface area contributed by atoms with Crippen LogP contribution in [0.4, 0.5) is 0 Å². The standard InChI is InChI=1S/C10H16O/c1-3-4-5-9(2)10-6-7-11-8-10/h6-9H,3-5H2,1-2H3. The van der Waals surface area contributed by atoms with E-state index >= 15 is 0 Å². The van der Waals surface area contributed by atoms with Crippen LogP contribution in [0, 0.1) is 0 Å². The normalized spacial score (nSPS) is 13.3. The molecule has 1 heterocycles. The Morgan fingerprint density at radius 2 is 2.36 bits per heavy atom. The Morgan fingerprint density at radius 1 is 1.55 bits per heavy atom. The molecule has 1 unspecified atom stereocenters. The summed E-state index contributed by atoms with van der Waals surface area (Å²) in [5.41, 5.74) is 1.33. The van der Waals surface area contributed by atoms with Crippen LogP contribution in [-0.2, 0) is 0 Å². The fourth-order valence-corrected chi connectivity index (χ4v) is 1.23. The third-order valence-corrected chi connectivity index (χ3v) is 2.10. The van der Waals surface area contributed by atoms with Crippen molar-refractivity contribution in [2.24, 2.45) is 0 Å². The first-order valence-corrected chi connectivity index (χ1v) is 4.36. The third kappa shape index (κ3) is 2.41. The summed E-state index contributed by atoms with van der Waals surface area (Å²) in [6.45, 7) is 4.47. The zero-order valence-electron chi connectivity index (χ0n) is 7.34. The highest BCUT2D eigenvalue weighted by Gasteiger charge is 2.04. The number of hydrogen-bond donors (Lipinski definition) is 0. The molecule has 1 heteroatoms. The van der Waals surface area contributed by atoms with E-state index in [1.165, 1.54) is 24.8 Å². The summed E-state index contributed by atoms with van der Waals surface area (Å²) in [5, 5.41) is 0. The largest absolute Gasteiger partial charge is 0.472 e. The van der Waals surface area contributed by atoms with Gasteiger partial charge in [0.2, 0.25) is 0 Å². The molecule has 0 bridgehead atoms. The Hall–Kier alpha value is -0.720. The molecule has 0 fully saturated rings. The molecule has 1 nitrogen and oxygen atoms in total. The van der Waals surface area contributed by atoms with E-state index in [4.69, 9.17) is 4.42 Å². The molecule has 11 heavy (non-hydrogen) atoms. The quantitative estimate of drug-likeness (QED) is 0.642. The van der Waals surface area contributed by atoms with E-state index in [0.717, 1.165) is 0 Å². The van der Waals surface area contributed by atoms with Crippen LogP contribution in [0.2, 0.25) is 0 Å². The van der Waals surface area contributed by atoms with Crippen molar-refractivity contribution in [3.63, 3.8) is 0 Å². The molecule has 0 aliphatic heterocycles. The van der Waals surface area contributed by atoms with E-state index in [0.29, 0.717) is 5.92 Å². The minimum Gasteiger partial charge on any atom is -0.472 e. The van der Waals surface area contributed by atoms with E-state index in [2.05, 4.69) is 19.9 Å². The van der Waals surface area contributed by atoms with Crippen LogP contribution in [0.1, 0.15) is 44.6 Å². The van der Waals surface area contributed by atoms with Crippen molar-refractivity contribution >= 4 is 0 Å². The first-order chi connectivity index (χ1) is 5.34. The second-order valence-corrected chi connectivity index (χ2v) is 3.10. The van der Waals surface area contributed by atoms with E-state index in [1.54, 1.807) is 6.26 Å². The summed E-state index contributed by atoms with van der Waals surface area (Å²) in [7, 11) is 0. The van der Waals surface area contributed by atoms with Crippen molar-refractivity contribution in [3.8, 4) is 0 Å². The lowest BCUT2D eigenvalue weighted by Gasteiger charge is -2.06. The monoisotopic (exact) mass is 152 g/mol. The maximum Gasteiger partial charge on any atom is 0.0937 e. The fraction of sp³-hybridized carbons (Fsp3) is 0.600. The van der Waals surface area contributed by atoms with Gasteiger partial charge >= 0.3 is 0 Å². The maximum atomic E-state index is 5.02. The zero-order valence-corrected chi connectivity index (χ0v) is 7.34. The minimum atomic E-state index is 0.661. The molecular weight excluding hydrogens is 136 g/mol. The first kappa shape index (κ1) is 8.38. The maximum absolute atomic E-state index is 5.02. The van der Waals surface area contributed by atoms with Gasteiger partial charge in [-0.05, 0) is 24.0 Å². The predicted molar refractivity (Wildman–Crippen MR) is 46.6 cm³/mol. The topological polar surface area (TPSA) is 13.1 Å². The van der Waals surface area contributed by atoms with Crippen LogP contribution in [0.15, 0.2) is 23.0 Å². The van der Waals surface area contributed by atoms with Crippen LogP contribution < -0.4 is 0 Å². The van der Waals surface area contributed by atoms with Gasteiger partial charge in [-0.25, -0.2) is 0 Å². The highest BCUT2D eigenvalue weighted by Crippen LogP contribution is 2.21. The van der Waals surface area contributed by atoms with Crippen LogP contribution in [0.3, 0.4) is 0 Å². The average Bonchev–Trinajstić information content (AvgIpc) is 2.52. The zero-order chi connectivity index (χ0) is 8.10. The Labute approximate surface area is 68.4 Å². The summed E-state index contributed by atoms with van der Waals surface area (Å²) in [5.74, 6) is 0.661. The molecular formula is C10H16O. The third-order valence-electron chi connectivity index (χ3n) is 2.10. The smallest absolute Gasteiger partial charge is 0.0937 e. The van der Waals surface area contributed by atoms with Crippen LogP contribution >= 0.6 is 0 Å². The Morgan fingerprint density at radius 3 is 2.91 bits per heavy atom. The summed E-state index contributed by atoms with van der Waals surface area (Å²) < 4.78 is 5.02. The molecule has 0 spiro atoms. The van der Waals surface area contributed by atoms with E-state index < -0.39 is 0 Å². The van der Waals surface area contributed by atoms with E-state index in [-0.39, 0.29) is 0 Å². The fourth-order valence-electron chi connectivity index (χ4n) is 1.23. The Kier molecular flexibility index (Phi) is 3.21. The highest BCUT2D eigenvalue weighted by atomic mass is 16.3. The average molecular weight is 152 g/mol. The predicted octanol–water partition coefficient (Wildman–Crippen LogP) is 3.57. The molecule has 1 atom stereocenters. The van der Waals surface area contributed by atoms with Crippen molar-refractivity contribution in [3.05, 3.63) is 24.2 Å². The molecule has 1 aromatic heterocycles. The van der Waals surface area contributed by atoms with Gasteiger partial charge in [-0.2, -0.15) is 0 Å². The Balaban J connectivity index is 2.36. The lowest BCUT2D eigenvalue weighted by molar-refractivity contribution is 0.553. The number of furan rings is 1. The molecule has 0 amide bonds. The van der Waals surface area contributed by atoms with Gasteiger partial charge in [-0.1, -0.05) is 26.7 Å². The first-order valence-electron chi connectivity index (χ1n) is 4.36. The van der Waals surface area contributed by atoms with Gasteiger partial charge in [0.05, 0.1) is 12.5 Å². The van der Waals surface area contributed by atoms with Crippen LogP contribution in [0.5, 0.6) is 0 Å². The van der Waals surface area contributed by atoms with Gasteiger partial charge in [-0.15, -0.1) is 0 Å². The van der Waals surface area contributed by atoms with Gasteiger partial charge in [0.15, 0.2) is 0 Å². The van der Waals surface area contributed by atoms with Crippen molar-refractivity contribution < 1.29 is 4.42 Å². The molecule has 0 aromatic carbocycles. The lowest BCUT2D eigenvalue weighted by Crippen LogP contribution is -1.89. The number of hydrogen-bond acceptors (Lipinski definition) is 1. The SMILES string of the molecule is CCCCC(C)c1ccoc1. The molecule has 0 aliphatic carbocycles. The van der Waals surface area contributed by atoms with Gasteiger partial charge in [0.25, 0.3) is 0 Å².